The summed E-state index contributed by atoms with van der Waals surface area (Å²) >= 11 is 0. The third-order valence-electron chi connectivity index (χ3n) is 10.5. The number of rotatable bonds is 7. The largest absolute Gasteiger partial charge is 0.507 e. The van der Waals surface area contributed by atoms with Crippen molar-refractivity contribution in [2.75, 3.05) is 42.5 Å². The number of phenolic OH excluding ortho intramolecular Hbond substituents is 2. The maximum absolute atomic E-state index is 12.0. The van der Waals surface area contributed by atoms with Crippen LogP contribution in [0.3, 0.4) is 0 Å². The van der Waals surface area contributed by atoms with E-state index in [1.807, 2.05) is 37.3 Å². The zero-order valence-electron chi connectivity index (χ0n) is 33.2. The van der Waals surface area contributed by atoms with E-state index in [1.165, 1.54) is 0 Å². The van der Waals surface area contributed by atoms with Gasteiger partial charge in [-0.2, -0.15) is 0 Å². The lowest BCUT2D eigenvalue weighted by Gasteiger charge is -2.33. The summed E-state index contributed by atoms with van der Waals surface area (Å²) in [6.07, 6.45) is 2.94. The highest BCUT2D eigenvalue weighted by molar-refractivity contribution is 5.93. The summed E-state index contributed by atoms with van der Waals surface area (Å²) in [7, 11) is 0. The van der Waals surface area contributed by atoms with Gasteiger partial charge in [0.05, 0.1) is 22.2 Å². The summed E-state index contributed by atoms with van der Waals surface area (Å²) in [5.74, 6) is 3.57. The Balaban J connectivity index is 0.000000179. The zero-order chi connectivity index (χ0) is 40.1. The average Bonchev–Trinajstić information content (AvgIpc) is 3.20. The van der Waals surface area contributed by atoms with E-state index in [1.54, 1.807) is 24.3 Å². The van der Waals surface area contributed by atoms with E-state index < -0.39 is 0 Å². The van der Waals surface area contributed by atoms with E-state index in [0.717, 1.165) is 96.4 Å². The topological polar surface area (TPSA) is 163 Å². The molecule has 12 heteroatoms. The third kappa shape index (κ3) is 9.35. The molecule has 2 fully saturated rings. The Morgan fingerprint density at radius 1 is 0.719 bits per heavy atom. The van der Waals surface area contributed by atoms with Crippen LogP contribution in [-0.2, 0) is 4.74 Å². The van der Waals surface area contributed by atoms with Gasteiger partial charge in [-0.15, -0.1) is 0 Å². The quantitative estimate of drug-likeness (QED) is 0.125. The number of carbonyl (C=O) groups is 1. The van der Waals surface area contributed by atoms with Gasteiger partial charge in [-0.1, -0.05) is 50.2 Å². The van der Waals surface area contributed by atoms with Crippen molar-refractivity contribution in [1.29, 1.82) is 0 Å². The second-order valence-electron chi connectivity index (χ2n) is 15.5. The van der Waals surface area contributed by atoms with Gasteiger partial charge in [-0.05, 0) is 92.3 Å². The molecule has 0 radical (unpaired) electrons. The van der Waals surface area contributed by atoms with Gasteiger partial charge in [0.1, 0.15) is 29.2 Å². The van der Waals surface area contributed by atoms with Crippen molar-refractivity contribution in [3.05, 3.63) is 96.1 Å². The zero-order valence-corrected chi connectivity index (χ0v) is 33.2. The fourth-order valence-corrected chi connectivity index (χ4v) is 7.27. The molecule has 8 rings (SSSR count). The van der Waals surface area contributed by atoms with E-state index in [4.69, 9.17) is 30.4 Å². The first-order chi connectivity index (χ1) is 27.5. The molecule has 2 aliphatic rings. The van der Waals surface area contributed by atoms with Crippen molar-refractivity contribution < 1.29 is 19.7 Å². The molecule has 0 aliphatic carbocycles. The summed E-state index contributed by atoms with van der Waals surface area (Å²) in [5.41, 5.74) is 11.3. The number of hydrogen-bond acceptors (Lipinski definition) is 11. The fraction of sp³-hybridized carbons (Fsp3) is 0.356. The number of hydrogen-bond donors (Lipinski definition) is 4. The minimum absolute atomic E-state index is 0.105. The number of aromatic nitrogens is 4. The van der Waals surface area contributed by atoms with E-state index in [-0.39, 0.29) is 29.7 Å². The van der Waals surface area contributed by atoms with E-state index in [0.29, 0.717) is 35.2 Å². The normalized spacial score (nSPS) is 15.1. The standard InChI is InChI=1S/C25H30N4O3.C20H22N4O/c1-16(2)15-26-25(31)32-18-10-12-29(13-11-18)24-19-9-8-17(3)14-21(19)27-23(28-24)20-6-4-5-7-22(20)30;1-13-6-7-15-17(12-13)22-19(16-4-2-3-5-18(16)25)23-20(15)24-10-8-14(21)9-11-24/h4-9,14,16,18,30H,10-13,15H2,1-3H3,(H,26,31);2-7,12,14,25H,8-11,21H2,1H3. The van der Waals surface area contributed by atoms with Crippen LogP contribution in [0, 0.1) is 19.8 Å². The Bertz CT molecular complexity index is 2350. The molecule has 5 N–H and O–H groups in total. The Labute approximate surface area is 333 Å². The van der Waals surface area contributed by atoms with Gasteiger partial charge < -0.3 is 35.8 Å². The number of benzene rings is 4. The number of nitrogens with zero attached hydrogens (tertiary/aromatic N) is 6. The molecule has 296 valence electrons. The van der Waals surface area contributed by atoms with E-state index in [2.05, 4.69) is 66.2 Å². The number of ether oxygens (including phenoxy) is 1. The molecule has 1 amide bonds. The molecule has 0 saturated carbocycles. The van der Waals surface area contributed by atoms with Crippen LogP contribution in [0.2, 0.25) is 0 Å². The molecular formula is C45H52N8O4. The van der Waals surface area contributed by atoms with Gasteiger partial charge in [0.25, 0.3) is 0 Å². The molecule has 0 bridgehead atoms. The van der Waals surface area contributed by atoms with E-state index in [9.17, 15) is 15.0 Å². The molecule has 12 nitrogen and oxygen atoms in total. The van der Waals surface area contributed by atoms with Crippen LogP contribution in [0.4, 0.5) is 16.4 Å². The summed E-state index contributed by atoms with van der Waals surface area (Å²) in [4.78, 5) is 35.6. The second-order valence-corrected chi connectivity index (χ2v) is 15.5. The number of aryl methyl sites for hydroxylation is 2. The Morgan fingerprint density at radius 2 is 1.18 bits per heavy atom. The monoisotopic (exact) mass is 768 g/mol. The number of carbonyl (C=O) groups excluding carboxylic acids is 1. The summed E-state index contributed by atoms with van der Waals surface area (Å²) in [6.45, 7) is 12.0. The van der Waals surface area contributed by atoms with Crippen molar-refractivity contribution in [3.8, 4) is 34.3 Å². The van der Waals surface area contributed by atoms with Crippen LogP contribution in [-0.4, -0.2) is 81.1 Å². The van der Waals surface area contributed by atoms with Crippen LogP contribution in [0.5, 0.6) is 11.5 Å². The number of aromatic hydroxyl groups is 2. The first kappa shape index (κ1) is 39.2. The van der Waals surface area contributed by atoms with E-state index >= 15 is 0 Å². The highest BCUT2D eigenvalue weighted by Gasteiger charge is 2.26. The number of nitrogens with two attached hydrogens (primary N) is 1. The number of alkyl carbamates (subject to hydrolysis) is 1. The first-order valence-corrected chi connectivity index (χ1v) is 19.9. The molecule has 2 aliphatic heterocycles. The SMILES string of the molecule is Cc1ccc2c(N3CCC(N)CC3)nc(-c3ccccc3O)nc2c1.Cc1ccc2c(N3CCC(OC(=O)NCC(C)C)CC3)nc(-c3ccccc3O)nc2c1. The predicted molar refractivity (Wildman–Crippen MR) is 227 cm³/mol. The first-order valence-electron chi connectivity index (χ1n) is 19.9. The smallest absolute Gasteiger partial charge is 0.407 e. The molecule has 2 aromatic heterocycles. The average molecular weight is 769 g/mol. The lowest BCUT2D eigenvalue weighted by molar-refractivity contribution is 0.0825. The molecule has 0 atom stereocenters. The Morgan fingerprint density at radius 3 is 1.63 bits per heavy atom. The lowest BCUT2D eigenvalue weighted by Crippen LogP contribution is -2.40. The van der Waals surface area contributed by atoms with Crippen molar-refractivity contribution in [3.63, 3.8) is 0 Å². The fourth-order valence-electron chi connectivity index (χ4n) is 7.27. The van der Waals surface area contributed by atoms with Gasteiger partial charge in [-0.3, -0.25) is 0 Å². The summed E-state index contributed by atoms with van der Waals surface area (Å²) < 4.78 is 5.60. The van der Waals surface area contributed by atoms with Crippen LogP contribution in [0.15, 0.2) is 84.9 Å². The number of fused-ring (bicyclic) bond motifs is 2. The van der Waals surface area contributed by atoms with Gasteiger partial charge in [0.2, 0.25) is 0 Å². The lowest BCUT2D eigenvalue weighted by atomic mass is 10.0. The van der Waals surface area contributed by atoms with Crippen molar-refractivity contribution in [2.45, 2.75) is 65.5 Å². The Kier molecular flexibility index (Phi) is 12.0. The van der Waals surface area contributed by atoms with Crippen molar-refractivity contribution in [1.82, 2.24) is 25.3 Å². The Hall–Kier alpha value is -6.01. The molecule has 2 saturated heterocycles. The number of anilines is 2. The maximum atomic E-state index is 12.0. The summed E-state index contributed by atoms with van der Waals surface area (Å²) in [5, 5.41) is 25.4. The molecule has 0 spiro atoms. The number of piperidine rings is 2. The number of nitrogens with one attached hydrogen (secondary N) is 1. The van der Waals surface area contributed by atoms with Crippen LogP contribution < -0.4 is 20.9 Å². The third-order valence-corrected chi connectivity index (χ3v) is 10.5. The van der Waals surface area contributed by atoms with Crippen LogP contribution >= 0.6 is 0 Å². The second kappa shape index (κ2) is 17.4. The minimum atomic E-state index is -0.345. The van der Waals surface area contributed by atoms with Crippen LogP contribution in [0.1, 0.15) is 50.7 Å². The van der Waals surface area contributed by atoms with Gasteiger partial charge in [-0.25, -0.2) is 24.7 Å². The molecule has 0 unspecified atom stereocenters. The summed E-state index contributed by atoms with van der Waals surface area (Å²) in [6, 6.07) is 27.0. The molecule has 4 heterocycles. The number of amides is 1. The number of phenols is 2. The molecule has 6 aromatic rings. The predicted octanol–water partition coefficient (Wildman–Crippen LogP) is 7.90. The van der Waals surface area contributed by atoms with Gasteiger partial charge in [0, 0.05) is 62.4 Å². The maximum Gasteiger partial charge on any atom is 0.407 e. The minimum Gasteiger partial charge on any atom is -0.507 e. The van der Waals surface area contributed by atoms with Crippen molar-refractivity contribution >= 4 is 39.5 Å². The molecular weight excluding hydrogens is 717 g/mol. The van der Waals surface area contributed by atoms with Gasteiger partial charge >= 0.3 is 6.09 Å². The highest BCUT2D eigenvalue weighted by Crippen LogP contribution is 2.35. The molecule has 57 heavy (non-hydrogen) atoms. The van der Waals surface area contributed by atoms with Gasteiger partial charge in [0.15, 0.2) is 11.6 Å². The van der Waals surface area contributed by atoms with Crippen LogP contribution in [0.25, 0.3) is 44.6 Å². The number of para-hydroxylation sites is 2. The molecule has 4 aromatic carbocycles. The van der Waals surface area contributed by atoms with Crippen molar-refractivity contribution in [2.24, 2.45) is 11.7 Å². The highest BCUT2D eigenvalue weighted by atomic mass is 16.6.